The lowest BCUT2D eigenvalue weighted by Gasteiger charge is -2.26. The molecule has 2 aliphatic heterocycles. The Kier molecular flexibility index (Phi) is 5.59. The van der Waals surface area contributed by atoms with Crippen molar-refractivity contribution < 1.29 is 14.3 Å². The van der Waals surface area contributed by atoms with Crippen LogP contribution in [0.4, 0.5) is 0 Å². The molecule has 0 radical (unpaired) electrons. The van der Waals surface area contributed by atoms with Crippen molar-refractivity contribution in [2.45, 2.75) is 25.3 Å². The Morgan fingerprint density at radius 1 is 1.17 bits per heavy atom. The van der Waals surface area contributed by atoms with E-state index in [-0.39, 0.29) is 11.8 Å². The number of nitrogens with zero attached hydrogens (tertiary/aromatic N) is 2. The van der Waals surface area contributed by atoms with E-state index in [1.54, 1.807) is 7.11 Å². The Morgan fingerprint density at radius 2 is 1.90 bits per heavy atom. The van der Waals surface area contributed by atoms with E-state index in [0.717, 1.165) is 37.1 Å². The molecule has 156 valence electrons. The molecular formula is C24H27N3O3. The fraction of sp³-hybridized carbons (Fsp3) is 0.333. The molecule has 0 spiro atoms. The van der Waals surface area contributed by atoms with Crippen molar-refractivity contribution in [2.24, 2.45) is 0 Å². The normalized spacial score (nSPS) is 19.9. The SMILES string of the molecule is C=CC1=C(C=C)C(=O)N(CCN2CCCC2Cc2c[nH]c3ccc(OC)cc23)C1=O. The summed E-state index contributed by atoms with van der Waals surface area (Å²) in [6, 6.07) is 6.45. The molecule has 1 N–H and O–H groups in total. The molecule has 6 heteroatoms. The molecule has 1 aromatic carbocycles. The number of fused-ring (bicyclic) bond motifs is 1. The molecule has 1 aromatic heterocycles. The first-order valence-electron chi connectivity index (χ1n) is 10.3. The number of benzene rings is 1. The van der Waals surface area contributed by atoms with Crippen molar-refractivity contribution in [3.63, 3.8) is 0 Å². The Bertz CT molecular complexity index is 1020. The Labute approximate surface area is 176 Å². The molecule has 1 atom stereocenters. The van der Waals surface area contributed by atoms with Crippen molar-refractivity contribution in [1.82, 2.24) is 14.8 Å². The summed E-state index contributed by atoms with van der Waals surface area (Å²) >= 11 is 0. The molecule has 3 heterocycles. The number of hydrogen-bond donors (Lipinski definition) is 1. The van der Waals surface area contributed by atoms with Crippen LogP contribution in [0, 0.1) is 0 Å². The van der Waals surface area contributed by atoms with E-state index in [4.69, 9.17) is 4.74 Å². The van der Waals surface area contributed by atoms with Crippen LogP contribution < -0.4 is 4.74 Å². The van der Waals surface area contributed by atoms with Gasteiger partial charge in [0.05, 0.1) is 18.3 Å². The predicted molar refractivity (Wildman–Crippen MR) is 117 cm³/mol. The van der Waals surface area contributed by atoms with Gasteiger partial charge in [-0.3, -0.25) is 19.4 Å². The van der Waals surface area contributed by atoms with Gasteiger partial charge in [0.15, 0.2) is 0 Å². The summed E-state index contributed by atoms with van der Waals surface area (Å²) in [5, 5.41) is 1.18. The number of ether oxygens (including phenoxy) is 1. The molecule has 30 heavy (non-hydrogen) atoms. The van der Waals surface area contributed by atoms with Crippen LogP contribution in [-0.2, 0) is 16.0 Å². The lowest BCUT2D eigenvalue weighted by molar-refractivity contribution is -0.137. The number of imide groups is 1. The van der Waals surface area contributed by atoms with Crippen molar-refractivity contribution in [1.29, 1.82) is 0 Å². The predicted octanol–water partition coefficient (Wildman–Crippen LogP) is 3.22. The van der Waals surface area contributed by atoms with Crippen LogP contribution in [0.15, 0.2) is 60.9 Å². The third kappa shape index (κ3) is 3.48. The molecule has 6 nitrogen and oxygen atoms in total. The summed E-state index contributed by atoms with van der Waals surface area (Å²) in [6.45, 7) is 9.35. The van der Waals surface area contributed by atoms with Gasteiger partial charge in [-0.25, -0.2) is 0 Å². The van der Waals surface area contributed by atoms with E-state index in [9.17, 15) is 9.59 Å². The molecule has 1 fully saturated rings. The second-order valence-corrected chi connectivity index (χ2v) is 7.76. The maximum atomic E-state index is 12.6. The fourth-order valence-corrected chi connectivity index (χ4v) is 4.57. The van der Waals surface area contributed by atoms with Crippen LogP contribution in [-0.4, -0.2) is 59.4 Å². The number of aromatic amines is 1. The molecular weight excluding hydrogens is 378 g/mol. The number of likely N-dealkylation sites (tertiary alicyclic amines) is 1. The molecule has 2 aromatic rings. The maximum Gasteiger partial charge on any atom is 0.261 e. The number of hydrogen-bond acceptors (Lipinski definition) is 4. The summed E-state index contributed by atoms with van der Waals surface area (Å²) in [5.74, 6) is 0.301. The largest absolute Gasteiger partial charge is 0.497 e. The van der Waals surface area contributed by atoms with Gasteiger partial charge in [-0.05, 0) is 49.6 Å². The van der Waals surface area contributed by atoms with Gasteiger partial charge in [-0.15, -0.1) is 0 Å². The fourth-order valence-electron chi connectivity index (χ4n) is 4.57. The van der Waals surface area contributed by atoms with Crippen molar-refractivity contribution >= 4 is 22.7 Å². The van der Waals surface area contributed by atoms with Gasteiger partial charge in [0.1, 0.15) is 5.75 Å². The molecule has 0 bridgehead atoms. The van der Waals surface area contributed by atoms with Gasteiger partial charge in [0.2, 0.25) is 0 Å². The van der Waals surface area contributed by atoms with Crippen LogP contribution in [0.5, 0.6) is 5.75 Å². The van der Waals surface area contributed by atoms with Crippen LogP contribution in [0.25, 0.3) is 10.9 Å². The highest BCUT2D eigenvalue weighted by Gasteiger charge is 2.36. The minimum atomic E-state index is -0.274. The molecule has 2 aliphatic rings. The van der Waals surface area contributed by atoms with Crippen LogP contribution in [0.2, 0.25) is 0 Å². The zero-order valence-corrected chi connectivity index (χ0v) is 17.3. The quantitative estimate of drug-likeness (QED) is 0.685. The number of carbonyl (C=O) groups excluding carboxylic acids is 2. The van der Waals surface area contributed by atoms with E-state index >= 15 is 0 Å². The number of amides is 2. The van der Waals surface area contributed by atoms with Gasteiger partial charge in [-0.1, -0.05) is 25.3 Å². The van der Waals surface area contributed by atoms with Gasteiger partial charge in [0.25, 0.3) is 11.8 Å². The Hall–Kier alpha value is -3.12. The highest BCUT2D eigenvalue weighted by atomic mass is 16.5. The molecule has 0 saturated carbocycles. The second-order valence-electron chi connectivity index (χ2n) is 7.76. The number of rotatable bonds is 8. The number of carbonyl (C=O) groups is 2. The van der Waals surface area contributed by atoms with Gasteiger partial charge >= 0.3 is 0 Å². The van der Waals surface area contributed by atoms with Gasteiger partial charge in [0, 0.05) is 36.2 Å². The van der Waals surface area contributed by atoms with E-state index in [2.05, 4.69) is 35.3 Å². The summed E-state index contributed by atoms with van der Waals surface area (Å²) in [6.07, 6.45) is 8.11. The van der Waals surface area contributed by atoms with E-state index in [0.29, 0.717) is 30.3 Å². The van der Waals surface area contributed by atoms with Gasteiger partial charge < -0.3 is 9.72 Å². The molecule has 4 rings (SSSR count). The third-order valence-corrected chi connectivity index (χ3v) is 6.19. The van der Waals surface area contributed by atoms with Crippen molar-refractivity contribution in [3.05, 3.63) is 66.4 Å². The lowest BCUT2D eigenvalue weighted by Crippen LogP contribution is -2.41. The summed E-state index contributed by atoms with van der Waals surface area (Å²) in [5.41, 5.74) is 3.06. The third-order valence-electron chi connectivity index (χ3n) is 6.19. The smallest absolute Gasteiger partial charge is 0.261 e. The number of methoxy groups -OCH3 is 1. The summed E-state index contributed by atoms with van der Waals surface area (Å²) in [4.78, 5) is 32.2. The minimum Gasteiger partial charge on any atom is -0.497 e. The first-order valence-corrected chi connectivity index (χ1v) is 10.3. The topological polar surface area (TPSA) is 65.6 Å². The first kappa shape index (κ1) is 20.2. The highest BCUT2D eigenvalue weighted by molar-refractivity contribution is 6.21. The molecule has 1 unspecified atom stereocenters. The zero-order valence-electron chi connectivity index (χ0n) is 17.3. The number of aromatic nitrogens is 1. The van der Waals surface area contributed by atoms with E-state index in [1.807, 2.05) is 12.1 Å². The molecule has 1 saturated heterocycles. The number of nitrogens with one attached hydrogen (secondary N) is 1. The second kappa shape index (κ2) is 8.32. The molecule has 0 aliphatic carbocycles. The average Bonchev–Trinajstić information content (AvgIpc) is 3.43. The van der Waals surface area contributed by atoms with Crippen molar-refractivity contribution in [3.8, 4) is 5.75 Å². The zero-order chi connectivity index (χ0) is 21.3. The first-order chi connectivity index (χ1) is 14.6. The van der Waals surface area contributed by atoms with Crippen LogP contribution in [0.3, 0.4) is 0 Å². The van der Waals surface area contributed by atoms with Crippen LogP contribution in [0.1, 0.15) is 18.4 Å². The average molecular weight is 405 g/mol. The van der Waals surface area contributed by atoms with Gasteiger partial charge in [-0.2, -0.15) is 0 Å². The summed E-state index contributed by atoms with van der Waals surface area (Å²) in [7, 11) is 1.68. The minimum absolute atomic E-state index is 0.274. The summed E-state index contributed by atoms with van der Waals surface area (Å²) < 4.78 is 5.38. The van der Waals surface area contributed by atoms with Crippen LogP contribution >= 0.6 is 0 Å². The van der Waals surface area contributed by atoms with E-state index < -0.39 is 0 Å². The van der Waals surface area contributed by atoms with E-state index in [1.165, 1.54) is 28.0 Å². The lowest BCUT2D eigenvalue weighted by atomic mass is 10.0. The Morgan fingerprint density at radius 3 is 2.57 bits per heavy atom. The maximum absolute atomic E-state index is 12.6. The van der Waals surface area contributed by atoms with Crippen molar-refractivity contribution in [2.75, 3.05) is 26.7 Å². The Balaban J connectivity index is 1.44. The number of H-pyrrole nitrogens is 1. The highest BCUT2D eigenvalue weighted by Crippen LogP contribution is 2.28. The monoisotopic (exact) mass is 405 g/mol. The molecule has 2 amide bonds. The standard InChI is InChI=1S/C24H27N3O3/c1-4-19-20(5-2)24(29)27(23(19)28)12-11-26-10-6-7-17(26)13-16-15-25-22-9-8-18(30-3)14-21(16)22/h4-5,8-9,14-15,17,25H,1-2,6-7,10-13H2,3H3.